The Kier molecular flexibility index (Phi) is 3.30. The fraction of sp³-hybridized carbons (Fsp3) is 0.583. The minimum Gasteiger partial charge on any atom is -0.394 e. The second-order valence-electron chi connectivity index (χ2n) is 6.95. The monoisotopic (exact) mass is 293 g/mol. The normalized spacial score (nSPS) is 13.0. The maximum absolute atomic E-state index is 4.61. The fourth-order valence-corrected chi connectivity index (χ4v) is 4.15. The van der Waals surface area contributed by atoms with E-state index in [1.165, 1.54) is 0 Å². The summed E-state index contributed by atoms with van der Waals surface area (Å²) in [7, 11) is -2.98. The number of imidazole rings is 1. The molecular weight excluding hydrogens is 270 g/mol. The van der Waals surface area contributed by atoms with E-state index in [-0.39, 0.29) is 0 Å². The molecule has 0 atom stereocenters. The maximum atomic E-state index is 4.61. The van der Waals surface area contributed by atoms with Crippen molar-refractivity contribution in [2.75, 3.05) is 4.98 Å². The number of hydrogen-bond donors (Lipinski definition) is 1. The number of aryl methyl sites for hydroxylation is 1. The molecule has 2 heterocycles. The second-order valence-corrected chi connectivity index (χ2v) is 16.5. The van der Waals surface area contributed by atoms with Gasteiger partial charge in [0, 0.05) is 0 Å². The van der Waals surface area contributed by atoms with Gasteiger partial charge in [-0.15, -0.1) is 0 Å². The van der Waals surface area contributed by atoms with E-state index in [2.05, 4.69) is 63.4 Å². The molecule has 0 unspecified atom stereocenters. The molecule has 5 nitrogen and oxygen atoms in total. The standard InChI is InChI=1S/C12H23N5Si2/c1-9-14-11-10(12(15-9)16-18(2,3)4)17(8-13-11)19(5,6)7/h8H,1-7H3,(H,14,15,16). The summed E-state index contributed by atoms with van der Waals surface area (Å²) in [6.07, 6.45) is 1.92. The maximum Gasteiger partial charge on any atom is 0.182 e. The van der Waals surface area contributed by atoms with Gasteiger partial charge in [0.1, 0.15) is 25.4 Å². The Bertz CT molecular complexity index is 607. The molecule has 2 aromatic rings. The highest BCUT2D eigenvalue weighted by molar-refractivity contribution is 6.79. The number of nitrogens with one attached hydrogen (secondary N) is 1. The van der Waals surface area contributed by atoms with Gasteiger partial charge in [0.05, 0.1) is 6.33 Å². The topological polar surface area (TPSA) is 55.6 Å². The molecule has 0 spiro atoms. The Labute approximate surface area is 116 Å². The molecule has 0 saturated carbocycles. The van der Waals surface area contributed by atoms with E-state index in [9.17, 15) is 0 Å². The molecule has 0 radical (unpaired) electrons. The molecule has 0 fully saturated rings. The second kappa shape index (κ2) is 4.41. The van der Waals surface area contributed by atoms with Crippen molar-refractivity contribution in [1.29, 1.82) is 0 Å². The average molecular weight is 294 g/mol. The largest absolute Gasteiger partial charge is 0.394 e. The van der Waals surface area contributed by atoms with E-state index in [0.29, 0.717) is 0 Å². The van der Waals surface area contributed by atoms with Crippen LogP contribution in [0.1, 0.15) is 5.82 Å². The molecule has 0 aromatic carbocycles. The van der Waals surface area contributed by atoms with Crippen molar-refractivity contribution in [2.45, 2.75) is 46.2 Å². The third kappa shape index (κ3) is 3.03. The average Bonchev–Trinajstić information content (AvgIpc) is 2.57. The molecule has 0 aliphatic rings. The number of fused-ring (bicyclic) bond motifs is 1. The smallest absolute Gasteiger partial charge is 0.182 e. The molecule has 0 saturated heterocycles. The molecule has 7 heteroatoms. The highest BCUT2D eigenvalue weighted by Gasteiger charge is 2.24. The lowest BCUT2D eigenvalue weighted by Gasteiger charge is -2.23. The van der Waals surface area contributed by atoms with Crippen LogP contribution in [0.5, 0.6) is 0 Å². The number of anilines is 1. The van der Waals surface area contributed by atoms with Gasteiger partial charge in [-0.05, 0) is 6.92 Å². The molecule has 19 heavy (non-hydrogen) atoms. The zero-order valence-electron chi connectivity index (χ0n) is 12.9. The third-order valence-corrected chi connectivity index (χ3v) is 5.50. The van der Waals surface area contributed by atoms with E-state index >= 15 is 0 Å². The molecule has 0 aliphatic heterocycles. The van der Waals surface area contributed by atoms with E-state index in [0.717, 1.165) is 22.8 Å². The Balaban J connectivity index is 2.70. The van der Waals surface area contributed by atoms with Crippen molar-refractivity contribution < 1.29 is 0 Å². The first-order valence-electron chi connectivity index (χ1n) is 6.58. The zero-order valence-corrected chi connectivity index (χ0v) is 14.9. The van der Waals surface area contributed by atoms with Crippen LogP contribution >= 0.6 is 0 Å². The summed E-state index contributed by atoms with van der Waals surface area (Å²) in [4.78, 5) is 17.1. The summed E-state index contributed by atoms with van der Waals surface area (Å²) in [6.45, 7) is 15.6. The number of rotatable bonds is 3. The van der Waals surface area contributed by atoms with Crippen LogP contribution in [0, 0.1) is 6.92 Å². The SMILES string of the molecule is Cc1nc(N[Si](C)(C)C)c2c(ncn2[Si](C)(C)C)n1. The first-order valence-corrected chi connectivity index (χ1v) is 13.5. The summed E-state index contributed by atoms with van der Waals surface area (Å²) >= 11 is 0. The molecule has 104 valence electrons. The minimum atomic E-state index is -1.52. The fourth-order valence-electron chi connectivity index (χ4n) is 1.98. The van der Waals surface area contributed by atoms with Crippen LogP contribution in [0.2, 0.25) is 39.3 Å². The van der Waals surface area contributed by atoms with Crippen molar-refractivity contribution in [3.05, 3.63) is 12.2 Å². The first kappa shape index (κ1) is 14.2. The molecular formula is C12H23N5Si2. The zero-order chi connectivity index (χ0) is 14.4. The van der Waals surface area contributed by atoms with E-state index in [1.54, 1.807) is 0 Å². The lowest BCUT2D eigenvalue weighted by molar-refractivity contribution is 1.08. The molecule has 1 N–H and O–H groups in total. The lowest BCUT2D eigenvalue weighted by atomic mass is 10.5. The van der Waals surface area contributed by atoms with Crippen molar-refractivity contribution in [2.24, 2.45) is 0 Å². The number of hydrogen-bond acceptors (Lipinski definition) is 4. The summed E-state index contributed by atoms with van der Waals surface area (Å²) < 4.78 is 2.28. The van der Waals surface area contributed by atoms with Crippen LogP contribution in [0.3, 0.4) is 0 Å². The van der Waals surface area contributed by atoms with Crippen LogP contribution in [0.25, 0.3) is 11.2 Å². The van der Waals surface area contributed by atoms with Gasteiger partial charge in [0.25, 0.3) is 0 Å². The predicted molar refractivity (Wildman–Crippen MR) is 85.8 cm³/mol. The van der Waals surface area contributed by atoms with E-state index in [4.69, 9.17) is 0 Å². The van der Waals surface area contributed by atoms with Crippen LogP contribution in [-0.4, -0.2) is 35.7 Å². The highest BCUT2D eigenvalue weighted by Crippen LogP contribution is 2.24. The molecule has 0 amide bonds. The van der Waals surface area contributed by atoms with Crippen LogP contribution in [0.4, 0.5) is 5.82 Å². The summed E-state index contributed by atoms with van der Waals surface area (Å²) in [5.41, 5.74) is 1.86. The minimum absolute atomic E-state index is 0.772. The number of nitrogens with zero attached hydrogens (tertiary/aromatic N) is 4. The van der Waals surface area contributed by atoms with Gasteiger partial charge in [-0.25, -0.2) is 15.0 Å². The van der Waals surface area contributed by atoms with Gasteiger partial charge < -0.3 is 9.22 Å². The Morgan fingerprint density at radius 2 is 1.68 bits per heavy atom. The van der Waals surface area contributed by atoms with Crippen molar-refractivity contribution in [1.82, 2.24) is 19.2 Å². The van der Waals surface area contributed by atoms with Crippen molar-refractivity contribution in [3.63, 3.8) is 0 Å². The first-order chi connectivity index (χ1) is 8.58. The molecule has 2 aromatic heterocycles. The Morgan fingerprint density at radius 1 is 1.05 bits per heavy atom. The molecule has 0 bridgehead atoms. The van der Waals surface area contributed by atoms with Gasteiger partial charge >= 0.3 is 0 Å². The van der Waals surface area contributed by atoms with Crippen LogP contribution < -0.4 is 4.98 Å². The van der Waals surface area contributed by atoms with Gasteiger partial charge in [0.2, 0.25) is 0 Å². The Morgan fingerprint density at radius 3 is 2.21 bits per heavy atom. The van der Waals surface area contributed by atoms with E-state index in [1.807, 2.05) is 13.3 Å². The number of aromatic nitrogens is 4. The lowest BCUT2D eigenvalue weighted by Crippen LogP contribution is -2.35. The van der Waals surface area contributed by atoms with Gasteiger partial charge in [-0.1, -0.05) is 39.3 Å². The summed E-state index contributed by atoms with van der Waals surface area (Å²) in [5, 5.41) is 0. The molecule has 2 rings (SSSR count). The van der Waals surface area contributed by atoms with E-state index < -0.39 is 16.5 Å². The van der Waals surface area contributed by atoms with Gasteiger partial charge in [-0.2, -0.15) is 0 Å². The molecule has 0 aliphatic carbocycles. The van der Waals surface area contributed by atoms with Crippen molar-refractivity contribution in [3.8, 4) is 0 Å². The van der Waals surface area contributed by atoms with Crippen molar-refractivity contribution >= 4 is 33.5 Å². The summed E-state index contributed by atoms with van der Waals surface area (Å²) in [6, 6.07) is 0. The summed E-state index contributed by atoms with van der Waals surface area (Å²) in [5.74, 6) is 1.72. The highest BCUT2D eigenvalue weighted by atomic mass is 28.3. The van der Waals surface area contributed by atoms with Gasteiger partial charge in [-0.3, -0.25) is 0 Å². The van der Waals surface area contributed by atoms with Gasteiger partial charge in [0.15, 0.2) is 13.9 Å². The van der Waals surface area contributed by atoms with Crippen LogP contribution in [-0.2, 0) is 0 Å². The third-order valence-electron chi connectivity index (χ3n) is 2.73. The predicted octanol–water partition coefficient (Wildman–Crippen LogP) is 3.06. The van der Waals surface area contributed by atoms with Crippen LogP contribution in [0.15, 0.2) is 6.33 Å². The Hall–Kier alpha value is -1.22. The quantitative estimate of drug-likeness (QED) is 0.884.